The maximum atomic E-state index is 11.9. The summed E-state index contributed by atoms with van der Waals surface area (Å²) in [4.78, 5) is 17.0. The van der Waals surface area contributed by atoms with Crippen LogP contribution in [0.5, 0.6) is 5.75 Å². The summed E-state index contributed by atoms with van der Waals surface area (Å²) in [6, 6.07) is 4.87. The zero-order valence-electron chi connectivity index (χ0n) is 9.52. The highest BCUT2D eigenvalue weighted by Gasteiger charge is 2.12. The van der Waals surface area contributed by atoms with Gasteiger partial charge in [0.1, 0.15) is 5.75 Å². The first kappa shape index (κ1) is 11.6. The van der Waals surface area contributed by atoms with Crippen molar-refractivity contribution < 1.29 is 9.90 Å². The minimum absolute atomic E-state index is 0.118. The molecule has 0 bridgehead atoms. The SMILES string of the molecule is Cc1cnc(NC(=O)c2cccc(O)c2C)s1. The maximum Gasteiger partial charge on any atom is 0.257 e. The van der Waals surface area contributed by atoms with Gasteiger partial charge in [0.25, 0.3) is 5.91 Å². The van der Waals surface area contributed by atoms with Crippen LogP contribution in [0.4, 0.5) is 5.13 Å². The molecule has 0 saturated carbocycles. The zero-order valence-corrected chi connectivity index (χ0v) is 10.3. The molecule has 5 heteroatoms. The van der Waals surface area contributed by atoms with E-state index in [9.17, 15) is 9.90 Å². The van der Waals surface area contributed by atoms with Crippen molar-refractivity contribution in [3.8, 4) is 5.75 Å². The molecule has 2 N–H and O–H groups in total. The van der Waals surface area contributed by atoms with Crippen LogP contribution in [0.15, 0.2) is 24.4 Å². The molecule has 17 heavy (non-hydrogen) atoms. The van der Waals surface area contributed by atoms with E-state index in [2.05, 4.69) is 10.3 Å². The van der Waals surface area contributed by atoms with Gasteiger partial charge in [-0.2, -0.15) is 0 Å². The summed E-state index contributed by atoms with van der Waals surface area (Å²) < 4.78 is 0. The predicted molar refractivity (Wildman–Crippen MR) is 67.6 cm³/mol. The van der Waals surface area contributed by atoms with Crippen LogP contribution < -0.4 is 5.32 Å². The molecule has 0 fully saturated rings. The van der Waals surface area contributed by atoms with E-state index in [0.717, 1.165) is 4.88 Å². The Morgan fingerprint density at radius 1 is 1.41 bits per heavy atom. The molecule has 0 atom stereocenters. The van der Waals surface area contributed by atoms with Gasteiger partial charge < -0.3 is 5.11 Å². The average molecular weight is 248 g/mol. The fraction of sp³-hybridized carbons (Fsp3) is 0.167. The molecule has 4 nitrogen and oxygen atoms in total. The van der Waals surface area contributed by atoms with Gasteiger partial charge in [-0.25, -0.2) is 4.98 Å². The predicted octanol–water partition coefficient (Wildman–Crippen LogP) is 2.72. The lowest BCUT2D eigenvalue weighted by molar-refractivity contribution is 0.102. The second kappa shape index (κ2) is 4.55. The number of amides is 1. The summed E-state index contributed by atoms with van der Waals surface area (Å²) in [5.41, 5.74) is 1.02. The summed E-state index contributed by atoms with van der Waals surface area (Å²) in [6.45, 7) is 3.63. The number of anilines is 1. The van der Waals surface area contributed by atoms with Gasteiger partial charge in [0.2, 0.25) is 0 Å². The van der Waals surface area contributed by atoms with E-state index in [0.29, 0.717) is 16.3 Å². The number of phenols is 1. The van der Waals surface area contributed by atoms with Crippen molar-refractivity contribution in [1.29, 1.82) is 0 Å². The number of thiazole rings is 1. The molecule has 0 aliphatic rings. The quantitative estimate of drug-likeness (QED) is 0.859. The maximum absolute atomic E-state index is 11.9. The minimum Gasteiger partial charge on any atom is -0.508 e. The Balaban J connectivity index is 2.23. The number of aromatic hydroxyl groups is 1. The van der Waals surface area contributed by atoms with Crippen molar-refractivity contribution in [1.82, 2.24) is 4.98 Å². The van der Waals surface area contributed by atoms with Gasteiger partial charge in [-0.1, -0.05) is 6.07 Å². The Kier molecular flexibility index (Phi) is 3.10. The standard InChI is InChI=1S/C12H12N2O2S/c1-7-6-13-12(17-7)14-11(16)9-4-3-5-10(15)8(9)2/h3-6,15H,1-2H3,(H,13,14,16). The van der Waals surface area contributed by atoms with E-state index in [-0.39, 0.29) is 11.7 Å². The first-order chi connectivity index (χ1) is 8.08. The molecule has 0 unspecified atom stereocenters. The Morgan fingerprint density at radius 3 is 2.82 bits per heavy atom. The molecule has 0 aliphatic heterocycles. The van der Waals surface area contributed by atoms with E-state index in [1.165, 1.54) is 11.3 Å². The van der Waals surface area contributed by atoms with Crippen molar-refractivity contribution in [2.75, 3.05) is 5.32 Å². The molecule has 0 saturated heterocycles. The highest BCUT2D eigenvalue weighted by atomic mass is 32.1. The van der Waals surface area contributed by atoms with Crippen molar-refractivity contribution in [2.45, 2.75) is 13.8 Å². The summed E-state index contributed by atoms with van der Waals surface area (Å²) in [6.07, 6.45) is 1.70. The molecular formula is C12H12N2O2S. The summed E-state index contributed by atoms with van der Waals surface area (Å²) in [7, 11) is 0. The summed E-state index contributed by atoms with van der Waals surface area (Å²) >= 11 is 1.42. The third-order valence-corrected chi connectivity index (χ3v) is 3.22. The lowest BCUT2D eigenvalue weighted by Crippen LogP contribution is -2.13. The van der Waals surface area contributed by atoms with E-state index < -0.39 is 0 Å². The Hall–Kier alpha value is -1.88. The molecule has 1 aromatic heterocycles. The van der Waals surface area contributed by atoms with Crippen molar-refractivity contribution >= 4 is 22.4 Å². The van der Waals surface area contributed by atoms with Crippen LogP contribution in [-0.4, -0.2) is 16.0 Å². The van der Waals surface area contributed by atoms with Crippen LogP contribution in [-0.2, 0) is 0 Å². The Bertz CT molecular complexity index is 563. The van der Waals surface area contributed by atoms with Crippen molar-refractivity contribution in [3.05, 3.63) is 40.4 Å². The molecule has 1 aromatic carbocycles. The molecule has 88 valence electrons. The molecule has 0 aliphatic carbocycles. The lowest BCUT2D eigenvalue weighted by Gasteiger charge is -2.06. The third-order valence-electron chi connectivity index (χ3n) is 2.39. The number of aryl methyl sites for hydroxylation is 1. The second-order valence-corrected chi connectivity index (χ2v) is 4.91. The van der Waals surface area contributed by atoms with Crippen LogP contribution >= 0.6 is 11.3 Å². The van der Waals surface area contributed by atoms with Crippen molar-refractivity contribution in [2.24, 2.45) is 0 Å². The van der Waals surface area contributed by atoms with Gasteiger partial charge in [-0.3, -0.25) is 10.1 Å². The lowest BCUT2D eigenvalue weighted by atomic mass is 10.1. The highest BCUT2D eigenvalue weighted by molar-refractivity contribution is 7.15. The normalized spacial score (nSPS) is 10.2. The number of phenolic OH excluding ortho intramolecular Hbond substituents is 1. The first-order valence-electron chi connectivity index (χ1n) is 5.10. The number of carbonyl (C=O) groups is 1. The largest absolute Gasteiger partial charge is 0.508 e. The van der Waals surface area contributed by atoms with Gasteiger partial charge in [0.05, 0.1) is 0 Å². The number of hydrogen-bond donors (Lipinski definition) is 2. The average Bonchev–Trinajstić information content (AvgIpc) is 2.68. The van der Waals surface area contributed by atoms with E-state index >= 15 is 0 Å². The zero-order chi connectivity index (χ0) is 12.4. The van der Waals surface area contributed by atoms with Crippen LogP contribution in [0, 0.1) is 13.8 Å². The first-order valence-corrected chi connectivity index (χ1v) is 5.92. The molecule has 0 radical (unpaired) electrons. The Labute approximate surface area is 103 Å². The topological polar surface area (TPSA) is 62.2 Å². The van der Waals surface area contributed by atoms with E-state index in [1.54, 1.807) is 31.3 Å². The fourth-order valence-electron chi connectivity index (χ4n) is 1.45. The minimum atomic E-state index is -0.257. The van der Waals surface area contributed by atoms with Crippen LogP contribution in [0.3, 0.4) is 0 Å². The van der Waals surface area contributed by atoms with Gasteiger partial charge in [-0.05, 0) is 26.0 Å². The summed E-state index contributed by atoms with van der Waals surface area (Å²) in [5, 5.41) is 12.8. The molecule has 1 amide bonds. The fourth-order valence-corrected chi connectivity index (χ4v) is 2.11. The van der Waals surface area contributed by atoms with Gasteiger partial charge in [0.15, 0.2) is 5.13 Å². The number of carbonyl (C=O) groups excluding carboxylic acids is 1. The number of aromatic nitrogens is 1. The molecule has 2 aromatic rings. The smallest absolute Gasteiger partial charge is 0.257 e. The van der Waals surface area contributed by atoms with Crippen molar-refractivity contribution in [3.63, 3.8) is 0 Å². The monoisotopic (exact) mass is 248 g/mol. The number of nitrogens with zero attached hydrogens (tertiary/aromatic N) is 1. The number of nitrogens with one attached hydrogen (secondary N) is 1. The van der Waals surface area contributed by atoms with Gasteiger partial charge >= 0.3 is 0 Å². The second-order valence-electron chi connectivity index (χ2n) is 3.68. The van der Waals surface area contributed by atoms with Gasteiger partial charge in [-0.15, -0.1) is 11.3 Å². The molecule has 0 spiro atoms. The number of benzene rings is 1. The number of hydrogen-bond acceptors (Lipinski definition) is 4. The highest BCUT2D eigenvalue weighted by Crippen LogP contribution is 2.22. The molecule has 2 rings (SSSR count). The molecule has 1 heterocycles. The molecular weight excluding hydrogens is 236 g/mol. The van der Waals surface area contributed by atoms with Gasteiger partial charge in [0, 0.05) is 22.2 Å². The Morgan fingerprint density at radius 2 is 2.18 bits per heavy atom. The van der Waals surface area contributed by atoms with E-state index in [4.69, 9.17) is 0 Å². The third kappa shape index (κ3) is 2.45. The van der Waals surface area contributed by atoms with Crippen LogP contribution in [0.2, 0.25) is 0 Å². The van der Waals surface area contributed by atoms with E-state index in [1.807, 2.05) is 6.92 Å². The number of rotatable bonds is 2. The summed E-state index contributed by atoms with van der Waals surface area (Å²) in [5.74, 6) is -0.138. The van der Waals surface area contributed by atoms with Crippen LogP contribution in [0.1, 0.15) is 20.8 Å². The van der Waals surface area contributed by atoms with Crippen LogP contribution in [0.25, 0.3) is 0 Å².